The number of anilines is 2. The Morgan fingerprint density at radius 3 is 2.58 bits per heavy atom. The molecule has 98 valence electrons. The van der Waals surface area contributed by atoms with Crippen LogP contribution in [0, 0.1) is 13.8 Å². The molecule has 3 nitrogen and oxygen atoms in total. The van der Waals surface area contributed by atoms with Gasteiger partial charge in [0.2, 0.25) is 0 Å². The van der Waals surface area contributed by atoms with Gasteiger partial charge in [-0.1, -0.05) is 17.7 Å². The zero-order valence-electron chi connectivity index (χ0n) is 10.8. The van der Waals surface area contributed by atoms with Crippen molar-refractivity contribution in [2.24, 2.45) is 0 Å². The van der Waals surface area contributed by atoms with E-state index in [9.17, 15) is 4.79 Å². The summed E-state index contributed by atoms with van der Waals surface area (Å²) < 4.78 is 0.805. The fourth-order valence-corrected chi connectivity index (χ4v) is 2.24. The third-order valence-corrected chi connectivity index (χ3v) is 3.56. The number of nitrogens with two attached hydrogens (primary N) is 1. The van der Waals surface area contributed by atoms with Crippen molar-refractivity contribution in [3.8, 4) is 0 Å². The molecule has 0 heterocycles. The topological polar surface area (TPSA) is 55.1 Å². The van der Waals surface area contributed by atoms with Gasteiger partial charge in [-0.15, -0.1) is 0 Å². The second-order valence-electron chi connectivity index (χ2n) is 4.51. The quantitative estimate of drug-likeness (QED) is 0.825. The van der Waals surface area contributed by atoms with Gasteiger partial charge >= 0.3 is 0 Å². The third-order valence-electron chi connectivity index (χ3n) is 2.87. The lowest BCUT2D eigenvalue weighted by atomic mass is 10.1. The molecule has 0 spiro atoms. The molecule has 0 saturated heterocycles. The van der Waals surface area contributed by atoms with E-state index in [1.165, 1.54) is 0 Å². The van der Waals surface area contributed by atoms with Crippen molar-refractivity contribution in [3.05, 3.63) is 57.6 Å². The van der Waals surface area contributed by atoms with Gasteiger partial charge in [0, 0.05) is 15.7 Å². The molecule has 0 saturated carbocycles. The third kappa shape index (κ3) is 3.15. The van der Waals surface area contributed by atoms with Crippen LogP contribution in [0.2, 0.25) is 0 Å². The van der Waals surface area contributed by atoms with E-state index in [1.54, 1.807) is 12.1 Å². The number of nitrogen functional groups attached to an aromatic ring is 1. The zero-order valence-corrected chi connectivity index (χ0v) is 12.4. The highest BCUT2D eigenvalue weighted by Gasteiger charge is 2.11. The zero-order chi connectivity index (χ0) is 14.0. The van der Waals surface area contributed by atoms with Crippen LogP contribution in [0.15, 0.2) is 40.9 Å². The summed E-state index contributed by atoms with van der Waals surface area (Å²) in [6, 6.07) is 11.1. The van der Waals surface area contributed by atoms with Crippen LogP contribution in [0.25, 0.3) is 0 Å². The van der Waals surface area contributed by atoms with E-state index < -0.39 is 0 Å². The minimum absolute atomic E-state index is 0.135. The first-order valence-electron chi connectivity index (χ1n) is 5.91. The van der Waals surface area contributed by atoms with Crippen LogP contribution in [0.4, 0.5) is 11.4 Å². The second-order valence-corrected chi connectivity index (χ2v) is 5.37. The van der Waals surface area contributed by atoms with Gasteiger partial charge in [-0.05, 0) is 59.6 Å². The summed E-state index contributed by atoms with van der Waals surface area (Å²) in [5.74, 6) is -0.135. The fraction of sp³-hybridized carbons (Fsp3) is 0.133. The molecule has 19 heavy (non-hydrogen) atoms. The first-order chi connectivity index (χ1) is 8.97. The van der Waals surface area contributed by atoms with Gasteiger partial charge in [0.15, 0.2) is 0 Å². The average molecular weight is 319 g/mol. The Hall–Kier alpha value is -1.81. The van der Waals surface area contributed by atoms with Gasteiger partial charge in [0.25, 0.3) is 5.91 Å². The first-order valence-corrected chi connectivity index (χ1v) is 6.70. The molecule has 3 N–H and O–H groups in total. The summed E-state index contributed by atoms with van der Waals surface area (Å²) >= 11 is 3.39. The predicted molar refractivity (Wildman–Crippen MR) is 82.4 cm³/mol. The lowest BCUT2D eigenvalue weighted by Gasteiger charge is -2.10. The molecular weight excluding hydrogens is 304 g/mol. The standard InChI is InChI=1S/C15H15BrN2O/c1-9-3-5-12(10(2)7-9)15(19)18-14-8-11(17)4-6-13(14)16/h3-8H,17H2,1-2H3,(H,18,19). The molecule has 0 radical (unpaired) electrons. The maximum absolute atomic E-state index is 12.2. The summed E-state index contributed by atoms with van der Waals surface area (Å²) in [5, 5.41) is 2.86. The van der Waals surface area contributed by atoms with E-state index in [4.69, 9.17) is 5.73 Å². The normalized spacial score (nSPS) is 10.3. The Bertz CT molecular complexity index is 638. The van der Waals surface area contributed by atoms with E-state index in [1.807, 2.05) is 38.1 Å². The molecule has 0 aliphatic rings. The van der Waals surface area contributed by atoms with Gasteiger partial charge in [0.1, 0.15) is 0 Å². The van der Waals surface area contributed by atoms with Gasteiger partial charge in [-0.3, -0.25) is 4.79 Å². The number of nitrogens with one attached hydrogen (secondary N) is 1. The summed E-state index contributed by atoms with van der Waals surface area (Å²) in [7, 11) is 0. The molecule has 0 atom stereocenters. The maximum atomic E-state index is 12.2. The minimum atomic E-state index is -0.135. The maximum Gasteiger partial charge on any atom is 0.255 e. The fourth-order valence-electron chi connectivity index (χ4n) is 1.90. The van der Waals surface area contributed by atoms with Crippen LogP contribution >= 0.6 is 15.9 Å². The highest BCUT2D eigenvalue weighted by Crippen LogP contribution is 2.25. The lowest BCUT2D eigenvalue weighted by Crippen LogP contribution is -2.14. The number of aryl methyl sites for hydroxylation is 2. The lowest BCUT2D eigenvalue weighted by molar-refractivity contribution is 0.102. The highest BCUT2D eigenvalue weighted by molar-refractivity contribution is 9.10. The van der Waals surface area contributed by atoms with E-state index in [0.29, 0.717) is 16.9 Å². The molecule has 0 bridgehead atoms. The average Bonchev–Trinajstić information content (AvgIpc) is 2.33. The number of carbonyl (C=O) groups is 1. The van der Waals surface area contributed by atoms with Crippen LogP contribution in [0.5, 0.6) is 0 Å². The van der Waals surface area contributed by atoms with Crippen molar-refractivity contribution < 1.29 is 4.79 Å². The molecule has 2 aromatic rings. The smallest absolute Gasteiger partial charge is 0.255 e. The van der Waals surface area contributed by atoms with E-state index >= 15 is 0 Å². The molecule has 1 amide bonds. The molecule has 2 aromatic carbocycles. The Morgan fingerprint density at radius 1 is 1.16 bits per heavy atom. The molecule has 4 heteroatoms. The van der Waals surface area contributed by atoms with Gasteiger partial charge in [-0.25, -0.2) is 0 Å². The SMILES string of the molecule is Cc1ccc(C(=O)Nc2cc(N)ccc2Br)c(C)c1. The van der Waals surface area contributed by atoms with Gasteiger partial charge in [-0.2, -0.15) is 0 Å². The van der Waals surface area contributed by atoms with Crippen LogP contribution in [-0.4, -0.2) is 5.91 Å². The monoisotopic (exact) mass is 318 g/mol. The van der Waals surface area contributed by atoms with E-state index in [-0.39, 0.29) is 5.91 Å². The minimum Gasteiger partial charge on any atom is -0.399 e. The van der Waals surface area contributed by atoms with Gasteiger partial charge in [0.05, 0.1) is 5.69 Å². The summed E-state index contributed by atoms with van der Waals surface area (Å²) in [6.45, 7) is 3.93. The Morgan fingerprint density at radius 2 is 1.89 bits per heavy atom. The molecule has 0 aliphatic carbocycles. The van der Waals surface area contributed by atoms with Crippen molar-refractivity contribution in [2.75, 3.05) is 11.1 Å². The molecule has 0 aromatic heterocycles. The molecule has 0 fully saturated rings. The van der Waals surface area contributed by atoms with Crippen molar-refractivity contribution in [1.29, 1.82) is 0 Å². The number of rotatable bonds is 2. The van der Waals surface area contributed by atoms with Gasteiger partial charge < -0.3 is 11.1 Å². The second kappa shape index (κ2) is 5.45. The predicted octanol–water partition coefficient (Wildman–Crippen LogP) is 3.90. The number of hydrogen-bond donors (Lipinski definition) is 2. The van der Waals surface area contributed by atoms with Crippen LogP contribution in [0.3, 0.4) is 0 Å². The molecule has 0 aliphatic heterocycles. The van der Waals surface area contributed by atoms with Crippen LogP contribution < -0.4 is 11.1 Å². The first kappa shape index (κ1) is 13.6. The van der Waals surface area contributed by atoms with E-state index in [2.05, 4.69) is 21.2 Å². The largest absolute Gasteiger partial charge is 0.399 e. The summed E-state index contributed by atoms with van der Waals surface area (Å²) in [5.41, 5.74) is 9.76. The van der Waals surface area contributed by atoms with Crippen molar-refractivity contribution >= 4 is 33.2 Å². The van der Waals surface area contributed by atoms with Crippen LogP contribution in [-0.2, 0) is 0 Å². The molecule has 0 unspecified atom stereocenters. The number of halogens is 1. The van der Waals surface area contributed by atoms with Crippen molar-refractivity contribution in [1.82, 2.24) is 0 Å². The molecule has 2 rings (SSSR count). The highest BCUT2D eigenvalue weighted by atomic mass is 79.9. The number of hydrogen-bond acceptors (Lipinski definition) is 2. The Balaban J connectivity index is 2.28. The summed E-state index contributed by atoms with van der Waals surface area (Å²) in [6.07, 6.45) is 0. The van der Waals surface area contributed by atoms with E-state index in [0.717, 1.165) is 15.6 Å². The van der Waals surface area contributed by atoms with Crippen molar-refractivity contribution in [3.63, 3.8) is 0 Å². The summed E-state index contributed by atoms with van der Waals surface area (Å²) in [4.78, 5) is 12.2. The van der Waals surface area contributed by atoms with Crippen molar-refractivity contribution in [2.45, 2.75) is 13.8 Å². The van der Waals surface area contributed by atoms with Crippen LogP contribution in [0.1, 0.15) is 21.5 Å². The Kier molecular flexibility index (Phi) is 3.90. The molecular formula is C15H15BrN2O. The number of benzene rings is 2. The number of carbonyl (C=O) groups excluding carboxylic acids is 1. The Labute approximate surface area is 121 Å². The number of amides is 1.